The van der Waals surface area contributed by atoms with Crippen LogP contribution in [-0.2, 0) is 9.59 Å². The smallest absolute Gasteiger partial charge is 0.246 e. The van der Waals surface area contributed by atoms with Crippen molar-refractivity contribution in [3.05, 3.63) is 12.2 Å². The molecule has 0 saturated carbocycles. The van der Waals surface area contributed by atoms with Crippen LogP contribution in [0.25, 0.3) is 0 Å². The normalized spacial score (nSPS) is 12.0. The van der Waals surface area contributed by atoms with E-state index < -0.39 is 0 Å². The SMILES string of the molecule is C=C(C)C(=O)NCC[N+](C)(C)CCN(CCC[N+](C)(C)CC)C(C)=O. The number of hydrogen-bond acceptors (Lipinski definition) is 2. The van der Waals surface area contributed by atoms with E-state index in [9.17, 15) is 9.59 Å². The molecule has 2 amide bonds. The van der Waals surface area contributed by atoms with E-state index in [4.69, 9.17) is 0 Å². The van der Waals surface area contributed by atoms with Crippen LogP contribution in [0.15, 0.2) is 12.2 Å². The summed E-state index contributed by atoms with van der Waals surface area (Å²) in [6, 6.07) is 0. The van der Waals surface area contributed by atoms with Gasteiger partial charge < -0.3 is 19.2 Å². The summed E-state index contributed by atoms with van der Waals surface area (Å²) in [7, 11) is 8.69. The lowest BCUT2D eigenvalue weighted by Crippen LogP contribution is -2.50. The van der Waals surface area contributed by atoms with Gasteiger partial charge in [-0.25, -0.2) is 0 Å². The van der Waals surface area contributed by atoms with E-state index in [0.717, 1.165) is 54.7 Å². The van der Waals surface area contributed by atoms with Crippen LogP contribution in [0, 0.1) is 0 Å². The van der Waals surface area contributed by atoms with E-state index in [1.165, 1.54) is 0 Å². The lowest BCUT2D eigenvalue weighted by atomic mass is 10.3. The van der Waals surface area contributed by atoms with Crippen molar-refractivity contribution >= 4 is 11.8 Å². The fourth-order valence-corrected chi connectivity index (χ4v) is 2.40. The first kappa shape index (κ1) is 23.6. The van der Waals surface area contributed by atoms with Gasteiger partial charge in [-0.3, -0.25) is 9.59 Å². The summed E-state index contributed by atoms with van der Waals surface area (Å²) in [5, 5.41) is 2.87. The highest BCUT2D eigenvalue weighted by molar-refractivity contribution is 5.92. The summed E-state index contributed by atoms with van der Waals surface area (Å²) in [6.07, 6.45) is 1.02. The topological polar surface area (TPSA) is 49.4 Å². The highest BCUT2D eigenvalue weighted by atomic mass is 16.2. The van der Waals surface area contributed by atoms with E-state index >= 15 is 0 Å². The van der Waals surface area contributed by atoms with Gasteiger partial charge in [0.2, 0.25) is 11.8 Å². The predicted octanol–water partition coefficient (Wildman–Crippen LogP) is 1.09. The Hall–Kier alpha value is -1.40. The van der Waals surface area contributed by atoms with E-state index in [2.05, 4.69) is 47.0 Å². The van der Waals surface area contributed by atoms with Gasteiger partial charge in [0.25, 0.3) is 0 Å². The zero-order valence-corrected chi connectivity index (χ0v) is 17.5. The van der Waals surface area contributed by atoms with Crippen molar-refractivity contribution in [3.8, 4) is 0 Å². The van der Waals surface area contributed by atoms with Crippen LogP contribution in [0.4, 0.5) is 0 Å². The van der Waals surface area contributed by atoms with Crippen LogP contribution in [-0.4, -0.2) is 99.7 Å². The summed E-state index contributed by atoms with van der Waals surface area (Å²) in [5.41, 5.74) is 0.529. The third-order valence-electron chi connectivity index (χ3n) is 4.86. The third-order valence-corrected chi connectivity index (χ3v) is 4.86. The number of nitrogens with zero attached hydrogens (tertiary/aromatic N) is 3. The van der Waals surface area contributed by atoms with Crippen molar-refractivity contribution in [3.63, 3.8) is 0 Å². The minimum atomic E-state index is -0.0953. The van der Waals surface area contributed by atoms with Crippen molar-refractivity contribution in [1.29, 1.82) is 0 Å². The number of carbonyl (C=O) groups is 2. The van der Waals surface area contributed by atoms with Crippen LogP contribution in [0.1, 0.15) is 27.2 Å². The Kier molecular flexibility index (Phi) is 9.97. The fraction of sp³-hybridized carbons (Fsp3) is 0.789. The average Bonchev–Trinajstić information content (AvgIpc) is 2.49. The molecule has 0 fully saturated rings. The van der Waals surface area contributed by atoms with Gasteiger partial charge in [-0.1, -0.05) is 6.58 Å². The molecule has 0 radical (unpaired) electrons. The maximum absolute atomic E-state index is 11.9. The molecule has 1 N–H and O–H groups in total. The van der Waals surface area contributed by atoms with Crippen LogP contribution >= 0.6 is 0 Å². The Labute approximate surface area is 154 Å². The van der Waals surface area contributed by atoms with Crippen molar-refractivity contribution in [2.75, 3.05) is 74.0 Å². The molecule has 25 heavy (non-hydrogen) atoms. The minimum absolute atomic E-state index is 0.0953. The van der Waals surface area contributed by atoms with Gasteiger partial charge >= 0.3 is 0 Å². The molecule has 0 aromatic rings. The first-order valence-electron chi connectivity index (χ1n) is 9.23. The zero-order valence-electron chi connectivity index (χ0n) is 17.5. The number of amides is 2. The summed E-state index contributed by atoms with van der Waals surface area (Å²) >= 11 is 0. The lowest BCUT2D eigenvalue weighted by molar-refractivity contribution is -0.889. The standard InChI is InChI=1S/C19H39N4O2/c1-9-22(5,6)14-10-12-21(18(4)24)13-16-23(7,8)15-11-20-19(25)17(2)3/h2,9-16H2,1,3-8H3/q+1/p+1. The molecule has 0 saturated heterocycles. The Bertz CT molecular complexity index is 458. The number of quaternary nitrogens is 2. The maximum Gasteiger partial charge on any atom is 0.246 e. The summed E-state index contributed by atoms with van der Waals surface area (Å²) in [5.74, 6) is 0.0411. The molecule has 0 aromatic heterocycles. The molecule has 0 rings (SSSR count). The van der Waals surface area contributed by atoms with Crippen molar-refractivity contribution in [1.82, 2.24) is 10.2 Å². The highest BCUT2D eigenvalue weighted by Gasteiger charge is 2.20. The summed E-state index contributed by atoms with van der Waals surface area (Å²) in [6.45, 7) is 15.2. The second kappa shape index (κ2) is 10.6. The average molecular weight is 357 g/mol. The molecular formula is C19H40N4O2+2. The lowest BCUT2D eigenvalue weighted by Gasteiger charge is -2.33. The third kappa shape index (κ3) is 10.9. The molecule has 0 atom stereocenters. The molecular weight excluding hydrogens is 316 g/mol. The molecule has 0 aliphatic heterocycles. The highest BCUT2D eigenvalue weighted by Crippen LogP contribution is 2.03. The molecule has 6 nitrogen and oxygen atoms in total. The van der Waals surface area contributed by atoms with E-state index in [1.54, 1.807) is 13.8 Å². The number of nitrogens with one attached hydrogen (secondary N) is 1. The predicted molar refractivity (Wildman–Crippen MR) is 104 cm³/mol. The maximum atomic E-state index is 11.9. The molecule has 146 valence electrons. The quantitative estimate of drug-likeness (QED) is 0.420. The van der Waals surface area contributed by atoms with Gasteiger partial charge in [0.15, 0.2) is 0 Å². The van der Waals surface area contributed by atoms with Crippen LogP contribution < -0.4 is 5.32 Å². The first-order valence-corrected chi connectivity index (χ1v) is 9.23. The monoisotopic (exact) mass is 356 g/mol. The van der Waals surface area contributed by atoms with E-state index in [-0.39, 0.29) is 11.8 Å². The van der Waals surface area contributed by atoms with Gasteiger partial charge in [-0.05, 0) is 13.8 Å². The Balaban J connectivity index is 4.32. The molecule has 0 aliphatic carbocycles. The second-order valence-electron chi connectivity index (χ2n) is 8.25. The van der Waals surface area contributed by atoms with Gasteiger partial charge in [-0.2, -0.15) is 0 Å². The van der Waals surface area contributed by atoms with Crippen molar-refractivity contribution < 1.29 is 18.6 Å². The first-order chi connectivity index (χ1) is 11.4. The molecule has 0 unspecified atom stereocenters. The Morgan fingerprint density at radius 2 is 1.56 bits per heavy atom. The Morgan fingerprint density at radius 3 is 2.04 bits per heavy atom. The van der Waals surface area contributed by atoms with Gasteiger partial charge in [0, 0.05) is 25.5 Å². The number of likely N-dealkylation sites (N-methyl/N-ethyl adjacent to an activating group) is 1. The molecule has 0 heterocycles. The van der Waals surface area contributed by atoms with E-state index in [1.807, 2.05) is 4.90 Å². The zero-order chi connectivity index (χ0) is 19.7. The number of carbonyl (C=O) groups excluding carboxylic acids is 2. The summed E-state index contributed by atoms with van der Waals surface area (Å²) < 4.78 is 1.74. The molecule has 0 bridgehead atoms. The van der Waals surface area contributed by atoms with Gasteiger partial charge in [0.1, 0.15) is 0 Å². The van der Waals surface area contributed by atoms with Crippen LogP contribution in [0.5, 0.6) is 0 Å². The van der Waals surface area contributed by atoms with E-state index in [0.29, 0.717) is 12.1 Å². The number of rotatable bonds is 12. The van der Waals surface area contributed by atoms with Crippen molar-refractivity contribution in [2.24, 2.45) is 0 Å². The molecule has 0 aromatic carbocycles. The van der Waals surface area contributed by atoms with Crippen LogP contribution in [0.2, 0.25) is 0 Å². The molecule has 0 aliphatic rings. The second-order valence-corrected chi connectivity index (χ2v) is 8.25. The largest absolute Gasteiger partial charge is 0.347 e. The van der Waals surface area contributed by atoms with Gasteiger partial charge in [-0.15, -0.1) is 0 Å². The fourth-order valence-electron chi connectivity index (χ4n) is 2.40. The van der Waals surface area contributed by atoms with Crippen molar-refractivity contribution in [2.45, 2.75) is 27.2 Å². The minimum Gasteiger partial charge on any atom is -0.347 e. The summed E-state index contributed by atoms with van der Waals surface area (Å²) in [4.78, 5) is 25.4. The molecule has 6 heteroatoms. The molecule has 0 spiro atoms. The van der Waals surface area contributed by atoms with Gasteiger partial charge in [0.05, 0.1) is 67.5 Å². The number of hydrogen-bond donors (Lipinski definition) is 1. The van der Waals surface area contributed by atoms with Crippen LogP contribution in [0.3, 0.4) is 0 Å². The Morgan fingerprint density at radius 1 is 0.960 bits per heavy atom.